The van der Waals surface area contributed by atoms with Crippen LogP contribution < -0.4 is 10.1 Å². The Balaban J connectivity index is 2.20. The van der Waals surface area contributed by atoms with E-state index in [1.54, 1.807) is 13.0 Å². The SMILES string of the molecule is CCOC(=O)NC(=O)COC(=O)CCOc1ccccc1C. The highest BCUT2D eigenvalue weighted by Crippen LogP contribution is 2.16. The first-order valence-electron chi connectivity index (χ1n) is 6.83. The molecule has 0 fully saturated rings. The number of nitrogens with one attached hydrogen (secondary N) is 1. The molecule has 1 rings (SSSR count). The van der Waals surface area contributed by atoms with Gasteiger partial charge in [0, 0.05) is 0 Å². The van der Waals surface area contributed by atoms with Crippen LogP contribution in [0.1, 0.15) is 18.9 Å². The highest BCUT2D eigenvalue weighted by atomic mass is 16.6. The minimum absolute atomic E-state index is 0.00101. The van der Waals surface area contributed by atoms with E-state index in [4.69, 9.17) is 9.47 Å². The van der Waals surface area contributed by atoms with Gasteiger partial charge < -0.3 is 14.2 Å². The van der Waals surface area contributed by atoms with E-state index >= 15 is 0 Å². The molecule has 2 amide bonds. The maximum Gasteiger partial charge on any atom is 0.413 e. The number of hydrogen-bond acceptors (Lipinski definition) is 6. The van der Waals surface area contributed by atoms with Crippen LogP contribution in [0.3, 0.4) is 0 Å². The summed E-state index contributed by atoms with van der Waals surface area (Å²) in [5.74, 6) is -0.644. The second-order valence-electron chi connectivity index (χ2n) is 4.29. The van der Waals surface area contributed by atoms with Crippen molar-refractivity contribution in [2.45, 2.75) is 20.3 Å². The maximum absolute atomic E-state index is 11.4. The van der Waals surface area contributed by atoms with Gasteiger partial charge in [0.2, 0.25) is 0 Å². The van der Waals surface area contributed by atoms with Gasteiger partial charge in [-0.25, -0.2) is 4.79 Å². The van der Waals surface area contributed by atoms with Crippen LogP contribution >= 0.6 is 0 Å². The lowest BCUT2D eigenvalue weighted by atomic mass is 10.2. The number of rotatable bonds is 7. The summed E-state index contributed by atoms with van der Waals surface area (Å²) in [6.07, 6.45) is -0.868. The van der Waals surface area contributed by atoms with Crippen molar-refractivity contribution < 1.29 is 28.6 Å². The first-order chi connectivity index (χ1) is 10.5. The molecule has 0 saturated carbocycles. The van der Waals surface area contributed by atoms with E-state index in [9.17, 15) is 14.4 Å². The maximum atomic E-state index is 11.4. The zero-order chi connectivity index (χ0) is 16.4. The van der Waals surface area contributed by atoms with E-state index in [-0.39, 0.29) is 19.6 Å². The highest BCUT2D eigenvalue weighted by molar-refractivity contribution is 5.93. The number of aryl methyl sites for hydroxylation is 1. The second kappa shape index (κ2) is 9.38. The first-order valence-corrected chi connectivity index (χ1v) is 6.83. The summed E-state index contributed by atoms with van der Waals surface area (Å²) < 4.78 is 14.7. The number of carbonyl (C=O) groups excluding carboxylic acids is 3. The minimum atomic E-state index is -0.869. The van der Waals surface area contributed by atoms with E-state index in [0.717, 1.165) is 5.56 Å². The van der Waals surface area contributed by atoms with Crippen molar-refractivity contribution in [3.05, 3.63) is 29.8 Å². The summed E-state index contributed by atoms with van der Waals surface area (Å²) in [4.78, 5) is 33.6. The van der Waals surface area contributed by atoms with Gasteiger partial charge in [0.15, 0.2) is 6.61 Å². The van der Waals surface area contributed by atoms with E-state index in [2.05, 4.69) is 4.74 Å². The zero-order valence-electron chi connectivity index (χ0n) is 12.6. The summed E-state index contributed by atoms with van der Waals surface area (Å²) in [7, 11) is 0. The van der Waals surface area contributed by atoms with Crippen LogP contribution in [0.2, 0.25) is 0 Å². The normalized spacial score (nSPS) is 9.73. The number of ether oxygens (including phenoxy) is 3. The Kier molecular flexibility index (Phi) is 7.45. The molecular formula is C15H19NO6. The van der Waals surface area contributed by atoms with Crippen molar-refractivity contribution in [1.82, 2.24) is 5.32 Å². The summed E-state index contributed by atoms with van der Waals surface area (Å²) in [6, 6.07) is 7.42. The Hall–Kier alpha value is -2.57. The van der Waals surface area contributed by atoms with Crippen LogP contribution in [0, 0.1) is 6.92 Å². The second-order valence-corrected chi connectivity index (χ2v) is 4.29. The lowest BCUT2D eigenvalue weighted by molar-refractivity contribution is -0.148. The number of amides is 2. The van der Waals surface area contributed by atoms with Crippen molar-refractivity contribution in [1.29, 1.82) is 0 Å². The molecule has 0 atom stereocenters. The van der Waals surface area contributed by atoms with Crippen molar-refractivity contribution in [2.75, 3.05) is 19.8 Å². The average molecular weight is 309 g/mol. The van der Waals surface area contributed by atoms with Gasteiger partial charge in [-0.2, -0.15) is 0 Å². The molecule has 0 spiro atoms. The summed E-state index contributed by atoms with van der Waals surface area (Å²) >= 11 is 0. The fourth-order valence-electron chi connectivity index (χ4n) is 1.50. The smallest absolute Gasteiger partial charge is 0.413 e. The number of esters is 1. The number of hydrogen-bond donors (Lipinski definition) is 1. The molecule has 0 aliphatic carbocycles. The summed E-state index contributed by atoms with van der Waals surface area (Å²) in [5, 5.41) is 1.92. The molecule has 0 radical (unpaired) electrons. The quantitative estimate of drug-likeness (QED) is 0.769. The molecule has 22 heavy (non-hydrogen) atoms. The Morgan fingerprint density at radius 1 is 1.14 bits per heavy atom. The minimum Gasteiger partial charge on any atom is -0.493 e. The Morgan fingerprint density at radius 2 is 1.86 bits per heavy atom. The molecule has 0 aromatic heterocycles. The largest absolute Gasteiger partial charge is 0.493 e. The van der Waals surface area contributed by atoms with Crippen LogP contribution in [-0.2, 0) is 19.1 Å². The molecule has 1 aromatic rings. The number of imide groups is 1. The predicted octanol–water partition coefficient (Wildman–Crippen LogP) is 1.58. The van der Waals surface area contributed by atoms with E-state index < -0.39 is 24.6 Å². The van der Waals surface area contributed by atoms with Gasteiger partial charge in [-0.1, -0.05) is 18.2 Å². The topological polar surface area (TPSA) is 90.9 Å². The molecule has 1 aromatic carbocycles. The van der Waals surface area contributed by atoms with Gasteiger partial charge >= 0.3 is 12.1 Å². The summed E-state index contributed by atoms with van der Waals surface area (Å²) in [6.45, 7) is 3.26. The molecule has 7 heteroatoms. The molecular weight excluding hydrogens is 290 g/mol. The molecule has 0 heterocycles. The van der Waals surface area contributed by atoms with Crippen LogP contribution in [-0.4, -0.2) is 37.8 Å². The standard InChI is InChI=1S/C15H19NO6/c1-3-20-15(19)16-13(17)10-22-14(18)8-9-21-12-7-5-4-6-11(12)2/h4-7H,3,8-10H2,1-2H3,(H,16,17,19). The fourth-order valence-corrected chi connectivity index (χ4v) is 1.50. The number of carbonyl (C=O) groups is 3. The lowest BCUT2D eigenvalue weighted by Gasteiger charge is -2.09. The average Bonchev–Trinajstić information content (AvgIpc) is 2.47. The van der Waals surface area contributed by atoms with Crippen LogP contribution in [0.15, 0.2) is 24.3 Å². The van der Waals surface area contributed by atoms with Crippen molar-refractivity contribution in [2.24, 2.45) is 0 Å². The molecule has 0 unspecified atom stereocenters. The third-order valence-corrected chi connectivity index (χ3v) is 2.54. The highest BCUT2D eigenvalue weighted by Gasteiger charge is 2.11. The van der Waals surface area contributed by atoms with Crippen molar-refractivity contribution in [3.63, 3.8) is 0 Å². The van der Waals surface area contributed by atoms with Gasteiger partial charge in [0.05, 0.1) is 19.6 Å². The molecule has 120 valence electrons. The number of benzene rings is 1. The van der Waals surface area contributed by atoms with E-state index in [1.165, 1.54) is 0 Å². The first kappa shape index (κ1) is 17.5. The van der Waals surface area contributed by atoms with E-state index in [0.29, 0.717) is 5.75 Å². The van der Waals surface area contributed by atoms with Crippen LogP contribution in [0.25, 0.3) is 0 Å². The van der Waals surface area contributed by atoms with Crippen LogP contribution in [0.4, 0.5) is 4.79 Å². The zero-order valence-corrected chi connectivity index (χ0v) is 12.6. The van der Waals surface area contributed by atoms with Gasteiger partial charge in [-0.3, -0.25) is 14.9 Å². The number of alkyl carbamates (subject to hydrolysis) is 1. The van der Waals surface area contributed by atoms with Gasteiger partial charge in [0.1, 0.15) is 5.75 Å². The molecule has 7 nitrogen and oxygen atoms in total. The number of para-hydroxylation sites is 1. The fraction of sp³-hybridized carbons (Fsp3) is 0.400. The Morgan fingerprint density at radius 3 is 2.55 bits per heavy atom. The molecule has 0 aliphatic rings. The Bertz CT molecular complexity index is 529. The molecule has 0 saturated heterocycles. The van der Waals surface area contributed by atoms with Crippen molar-refractivity contribution in [3.8, 4) is 5.75 Å². The molecule has 0 bridgehead atoms. The van der Waals surface area contributed by atoms with Gasteiger partial charge in [-0.15, -0.1) is 0 Å². The third-order valence-electron chi connectivity index (χ3n) is 2.54. The Labute approximate surface area is 128 Å². The van der Waals surface area contributed by atoms with Crippen molar-refractivity contribution >= 4 is 18.0 Å². The molecule has 0 aliphatic heterocycles. The summed E-state index contributed by atoms with van der Waals surface area (Å²) in [5.41, 5.74) is 0.963. The predicted molar refractivity (Wildman–Crippen MR) is 77.4 cm³/mol. The van der Waals surface area contributed by atoms with Gasteiger partial charge in [-0.05, 0) is 25.5 Å². The lowest BCUT2D eigenvalue weighted by Crippen LogP contribution is -2.34. The third kappa shape index (κ3) is 6.74. The van der Waals surface area contributed by atoms with Crippen LogP contribution in [0.5, 0.6) is 5.75 Å². The molecule has 1 N–H and O–H groups in total. The monoisotopic (exact) mass is 309 g/mol. The van der Waals surface area contributed by atoms with E-state index in [1.807, 2.05) is 30.4 Å². The van der Waals surface area contributed by atoms with Gasteiger partial charge in [0.25, 0.3) is 5.91 Å².